The Hall–Kier alpha value is -4.54. The lowest BCUT2D eigenvalue weighted by atomic mass is 9.87. The summed E-state index contributed by atoms with van der Waals surface area (Å²) in [6.07, 6.45) is 3.11. The molecular formula is C37H45N3O7. The number of nitrogens with one attached hydrogen (secondary N) is 1. The van der Waals surface area contributed by atoms with E-state index in [0.29, 0.717) is 59.0 Å². The van der Waals surface area contributed by atoms with Crippen LogP contribution in [0.3, 0.4) is 0 Å². The number of hydrogen-bond acceptors (Lipinski definition) is 6. The highest BCUT2D eigenvalue weighted by Gasteiger charge is 2.33. The summed E-state index contributed by atoms with van der Waals surface area (Å²) in [5, 5.41) is 13.7. The largest absolute Gasteiger partial charge is 0.496 e. The van der Waals surface area contributed by atoms with E-state index < -0.39 is 6.09 Å². The minimum absolute atomic E-state index is 0.0380. The van der Waals surface area contributed by atoms with Crippen molar-refractivity contribution in [3.05, 3.63) is 95.7 Å². The van der Waals surface area contributed by atoms with Crippen molar-refractivity contribution in [1.82, 2.24) is 14.8 Å². The van der Waals surface area contributed by atoms with Gasteiger partial charge in [-0.2, -0.15) is 0 Å². The Morgan fingerprint density at radius 2 is 1.74 bits per heavy atom. The Balaban J connectivity index is 1.14. The van der Waals surface area contributed by atoms with Crippen LogP contribution in [-0.4, -0.2) is 79.2 Å². The van der Waals surface area contributed by atoms with E-state index in [-0.39, 0.29) is 17.9 Å². The topological polar surface area (TPSA) is 111 Å². The second kappa shape index (κ2) is 16.9. The van der Waals surface area contributed by atoms with Crippen LogP contribution in [-0.2, 0) is 33.8 Å². The maximum Gasteiger partial charge on any atom is 0.407 e. The quantitative estimate of drug-likeness (QED) is 0.147. The predicted octanol–water partition coefficient (Wildman–Crippen LogP) is 5.87. The SMILES string of the molecule is COc1ccccc1COCCCOc1ccc(C2CCN(C(=O)O)CC2OCCn2cc(CCNC(C)=O)c3ccccc32)cc1. The zero-order chi connectivity index (χ0) is 33.0. The van der Waals surface area contributed by atoms with Crippen molar-refractivity contribution in [2.45, 2.75) is 51.4 Å². The molecular weight excluding hydrogens is 598 g/mol. The van der Waals surface area contributed by atoms with Crippen molar-refractivity contribution in [3.8, 4) is 11.5 Å². The third kappa shape index (κ3) is 9.27. The van der Waals surface area contributed by atoms with Crippen LogP contribution in [0.25, 0.3) is 10.9 Å². The first kappa shape index (κ1) is 33.8. The number of methoxy groups -OCH3 is 1. The van der Waals surface area contributed by atoms with Gasteiger partial charge in [0.05, 0.1) is 46.2 Å². The molecule has 1 aliphatic rings. The maximum absolute atomic E-state index is 11.8. The van der Waals surface area contributed by atoms with E-state index in [1.54, 1.807) is 7.11 Å². The number of carbonyl (C=O) groups excluding carboxylic acids is 1. The van der Waals surface area contributed by atoms with Crippen molar-refractivity contribution in [3.63, 3.8) is 0 Å². The highest BCUT2D eigenvalue weighted by atomic mass is 16.5. The number of ether oxygens (including phenoxy) is 4. The fourth-order valence-electron chi connectivity index (χ4n) is 6.19. The number of nitrogens with zero attached hydrogens (tertiary/aromatic N) is 2. The molecule has 10 heteroatoms. The molecule has 1 aromatic heterocycles. The molecule has 4 aromatic rings. The first-order chi connectivity index (χ1) is 22.9. The van der Waals surface area contributed by atoms with Crippen LogP contribution in [0.2, 0.25) is 0 Å². The molecule has 1 aliphatic heterocycles. The fourth-order valence-corrected chi connectivity index (χ4v) is 6.19. The number of aromatic nitrogens is 1. The molecule has 0 radical (unpaired) electrons. The summed E-state index contributed by atoms with van der Waals surface area (Å²) in [7, 11) is 1.66. The zero-order valence-electron chi connectivity index (χ0n) is 27.2. The second-order valence-electron chi connectivity index (χ2n) is 11.8. The van der Waals surface area contributed by atoms with Gasteiger partial charge >= 0.3 is 6.09 Å². The van der Waals surface area contributed by atoms with Crippen molar-refractivity contribution in [2.75, 3.05) is 46.6 Å². The number of likely N-dealkylation sites (tertiary alicyclic amines) is 1. The van der Waals surface area contributed by atoms with Gasteiger partial charge < -0.3 is 38.8 Å². The summed E-state index contributed by atoms with van der Waals surface area (Å²) in [4.78, 5) is 24.6. The van der Waals surface area contributed by atoms with Crippen LogP contribution >= 0.6 is 0 Å². The summed E-state index contributed by atoms with van der Waals surface area (Å²) >= 11 is 0. The molecule has 2 atom stereocenters. The fraction of sp³-hybridized carbons (Fsp3) is 0.405. The first-order valence-electron chi connectivity index (χ1n) is 16.3. The average Bonchev–Trinajstić information content (AvgIpc) is 3.43. The lowest BCUT2D eigenvalue weighted by Gasteiger charge is -2.37. The number of carboxylic acid groups (broad SMARTS) is 1. The molecule has 2 unspecified atom stereocenters. The molecule has 1 fully saturated rings. The summed E-state index contributed by atoms with van der Waals surface area (Å²) < 4.78 is 25.8. The molecule has 2 N–H and O–H groups in total. The molecule has 2 heterocycles. The lowest BCUT2D eigenvalue weighted by molar-refractivity contribution is -0.118. The number of piperidine rings is 1. The molecule has 1 saturated heterocycles. The van der Waals surface area contributed by atoms with Crippen LogP contribution in [0.15, 0.2) is 79.0 Å². The molecule has 10 nitrogen and oxygen atoms in total. The van der Waals surface area contributed by atoms with E-state index in [9.17, 15) is 14.7 Å². The van der Waals surface area contributed by atoms with Gasteiger partial charge in [-0.25, -0.2) is 4.79 Å². The van der Waals surface area contributed by atoms with E-state index in [2.05, 4.69) is 40.3 Å². The number of hydrogen-bond donors (Lipinski definition) is 2. The summed E-state index contributed by atoms with van der Waals surface area (Å²) in [5.74, 6) is 1.64. The number of para-hydroxylation sites is 2. The van der Waals surface area contributed by atoms with Crippen LogP contribution in [0, 0.1) is 0 Å². The van der Waals surface area contributed by atoms with Gasteiger partial charge in [-0.1, -0.05) is 48.5 Å². The molecule has 2 amide bonds. The van der Waals surface area contributed by atoms with Gasteiger partial charge in [-0.15, -0.1) is 0 Å². The second-order valence-corrected chi connectivity index (χ2v) is 11.8. The molecule has 47 heavy (non-hydrogen) atoms. The van der Waals surface area contributed by atoms with Gasteiger partial charge in [0.2, 0.25) is 5.91 Å². The molecule has 0 aliphatic carbocycles. The van der Waals surface area contributed by atoms with Crippen molar-refractivity contribution >= 4 is 22.9 Å². The molecule has 3 aromatic carbocycles. The first-order valence-corrected chi connectivity index (χ1v) is 16.3. The van der Waals surface area contributed by atoms with Gasteiger partial charge in [0.1, 0.15) is 11.5 Å². The number of benzene rings is 3. The highest BCUT2D eigenvalue weighted by molar-refractivity contribution is 5.84. The van der Waals surface area contributed by atoms with Crippen LogP contribution in [0.5, 0.6) is 11.5 Å². The Bertz CT molecular complexity index is 1600. The Labute approximate surface area is 276 Å². The molecule has 250 valence electrons. The minimum Gasteiger partial charge on any atom is -0.496 e. The van der Waals surface area contributed by atoms with E-state index >= 15 is 0 Å². The number of fused-ring (bicyclic) bond motifs is 1. The summed E-state index contributed by atoms with van der Waals surface area (Å²) in [5.41, 5.74) is 4.41. The highest BCUT2D eigenvalue weighted by Crippen LogP contribution is 2.32. The summed E-state index contributed by atoms with van der Waals surface area (Å²) in [6.45, 7) is 5.57. The third-order valence-electron chi connectivity index (χ3n) is 8.59. The number of rotatable bonds is 16. The number of carbonyl (C=O) groups is 2. The molecule has 0 bridgehead atoms. The van der Waals surface area contributed by atoms with Crippen LogP contribution in [0.4, 0.5) is 4.79 Å². The Kier molecular flexibility index (Phi) is 12.1. The van der Waals surface area contributed by atoms with Gasteiger partial charge in [-0.3, -0.25) is 4.79 Å². The Morgan fingerprint density at radius 3 is 2.53 bits per heavy atom. The van der Waals surface area contributed by atoms with Gasteiger partial charge in [0, 0.05) is 61.6 Å². The van der Waals surface area contributed by atoms with Gasteiger partial charge in [0.15, 0.2) is 0 Å². The van der Waals surface area contributed by atoms with Gasteiger partial charge in [-0.05, 0) is 48.2 Å². The van der Waals surface area contributed by atoms with Crippen molar-refractivity contribution in [1.29, 1.82) is 0 Å². The zero-order valence-corrected chi connectivity index (χ0v) is 27.2. The number of amides is 2. The van der Waals surface area contributed by atoms with Crippen molar-refractivity contribution in [2.24, 2.45) is 0 Å². The average molecular weight is 644 g/mol. The smallest absolute Gasteiger partial charge is 0.407 e. The van der Waals surface area contributed by atoms with Crippen LogP contribution in [0.1, 0.15) is 42.4 Å². The lowest BCUT2D eigenvalue weighted by Crippen LogP contribution is -2.46. The van der Waals surface area contributed by atoms with E-state index in [4.69, 9.17) is 18.9 Å². The van der Waals surface area contributed by atoms with Gasteiger partial charge in [0.25, 0.3) is 0 Å². The Morgan fingerprint density at radius 1 is 0.957 bits per heavy atom. The monoisotopic (exact) mass is 643 g/mol. The predicted molar refractivity (Wildman–Crippen MR) is 180 cm³/mol. The van der Waals surface area contributed by atoms with E-state index in [1.165, 1.54) is 17.4 Å². The van der Waals surface area contributed by atoms with Crippen LogP contribution < -0.4 is 14.8 Å². The standard InChI is InChI=1S/C37H45N3O7/c1-27(41)38-18-16-29-24-39(34-10-5-4-9-32(29)34)20-23-47-36-25-40(37(42)43)19-17-33(36)28-12-14-31(15-13-28)46-22-7-21-45-26-30-8-3-6-11-35(30)44-2/h3-6,8-15,24,33,36H,7,16-23,25-26H2,1-2H3,(H,38,41)(H,42,43). The normalized spacial score (nSPS) is 16.3. The molecule has 0 spiro atoms. The third-order valence-corrected chi connectivity index (χ3v) is 8.59. The van der Waals surface area contributed by atoms with E-state index in [1.807, 2.05) is 48.5 Å². The maximum atomic E-state index is 11.8. The van der Waals surface area contributed by atoms with E-state index in [0.717, 1.165) is 46.4 Å². The van der Waals surface area contributed by atoms with Crippen molar-refractivity contribution < 1.29 is 33.6 Å². The summed E-state index contributed by atoms with van der Waals surface area (Å²) in [6, 6.07) is 24.1. The molecule has 5 rings (SSSR count). The molecule has 0 saturated carbocycles. The minimum atomic E-state index is -0.923.